The van der Waals surface area contributed by atoms with E-state index in [9.17, 15) is 14.4 Å². The molecule has 180 valence electrons. The van der Waals surface area contributed by atoms with Crippen molar-refractivity contribution in [1.82, 2.24) is 10.2 Å². The summed E-state index contributed by atoms with van der Waals surface area (Å²) in [5.41, 5.74) is 1.85. The SMILES string of the molecule is COC(=O)C[C@@H]1CC[C@H]2[C@@H](COc3ccc(NC(=O)NCc4ccccc4)cc3C(=O)N2C)O1. The fourth-order valence-electron chi connectivity index (χ4n) is 4.33. The molecule has 0 aromatic heterocycles. The van der Waals surface area contributed by atoms with E-state index >= 15 is 0 Å². The molecule has 0 saturated carbocycles. The van der Waals surface area contributed by atoms with E-state index < -0.39 is 0 Å². The monoisotopic (exact) mass is 467 g/mol. The molecule has 3 atom stereocenters. The Labute approximate surface area is 198 Å². The minimum atomic E-state index is -0.367. The molecule has 2 aliphatic rings. The predicted octanol–water partition coefficient (Wildman–Crippen LogP) is 2.95. The molecular formula is C25H29N3O6. The summed E-state index contributed by atoms with van der Waals surface area (Å²) in [6, 6.07) is 14.0. The summed E-state index contributed by atoms with van der Waals surface area (Å²) < 4.78 is 16.8. The lowest BCUT2D eigenvalue weighted by Crippen LogP contribution is -2.53. The number of fused-ring (bicyclic) bond motifs is 2. The number of hydrogen-bond acceptors (Lipinski definition) is 6. The van der Waals surface area contributed by atoms with Crippen LogP contribution in [0.5, 0.6) is 5.75 Å². The van der Waals surface area contributed by atoms with Crippen molar-refractivity contribution in [1.29, 1.82) is 0 Å². The molecule has 4 rings (SSSR count). The lowest BCUT2D eigenvalue weighted by Gasteiger charge is -2.42. The third-order valence-electron chi connectivity index (χ3n) is 6.19. The van der Waals surface area contributed by atoms with Crippen LogP contribution in [0.15, 0.2) is 48.5 Å². The molecule has 0 spiro atoms. The van der Waals surface area contributed by atoms with Crippen molar-refractivity contribution in [3.05, 3.63) is 59.7 Å². The van der Waals surface area contributed by atoms with Crippen LogP contribution >= 0.6 is 0 Å². The largest absolute Gasteiger partial charge is 0.490 e. The first-order chi connectivity index (χ1) is 16.4. The van der Waals surface area contributed by atoms with Gasteiger partial charge in [-0.15, -0.1) is 0 Å². The zero-order valence-corrected chi connectivity index (χ0v) is 19.3. The zero-order valence-electron chi connectivity index (χ0n) is 19.3. The van der Waals surface area contributed by atoms with Crippen LogP contribution in [0.2, 0.25) is 0 Å². The fraction of sp³-hybridized carbons (Fsp3) is 0.400. The van der Waals surface area contributed by atoms with Crippen molar-refractivity contribution < 1.29 is 28.6 Å². The summed E-state index contributed by atoms with van der Waals surface area (Å²) in [4.78, 5) is 38.9. The topological polar surface area (TPSA) is 106 Å². The third-order valence-corrected chi connectivity index (χ3v) is 6.19. The Kier molecular flexibility index (Phi) is 7.32. The second-order valence-electron chi connectivity index (χ2n) is 8.45. The molecule has 9 heteroatoms. The van der Waals surface area contributed by atoms with Gasteiger partial charge in [0, 0.05) is 19.3 Å². The maximum atomic E-state index is 13.3. The highest BCUT2D eigenvalue weighted by molar-refractivity contribution is 5.99. The van der Waals surface area contributed by atoms with E-state index in [-0.39, 0.29) is 49.2 Å². The van der Waals surface area contributed by atoms with Crippen LogP contribution in [0.25, 0.3) is 0 Å². The van der Waals surface area contributed by atoms with Crippen molar-refractivity contribution in [2.45, 2.75) is 44.1 Å². The number of urea groups is 1. The molecule has 0 radical (unpaired) electrons. The van der Waals surface area contributed by atoms with Gasteiger partial charge in [-0.2, -0.15) is 0 Å². The standard InChI is InChI=1S/C25H29N3O6/c1-28-20-10-9-18(13-23(29)32-2)34-22(20)15-33-21-11-8-17(12-19(21)24(28)30)27-25(31)26-14-16-6-4-3-5-7-16/h3-8,11-12,18,20,22H,9-10,13-15H2,1-2H3,(H2,26,27,31)/t18-,20-,22+/m0/s1. The number of carbonyl (C=O) groups excluding carboxylic acids is 3. The Balaban J connectivity index is 1.43. The molecule has 0 unspecified atom stereocenters. The molecule has 2 aliphatic heterocycles. The Hall–Kier alpha value is -3.59. The van der Waals surface area contributed by atoms with E-state index in [2.05, 4.69) is 10.6 Å². The number of likely N-dealkylation sites (N-methyl/N-ethyl adjacent to an activating group) is 1. The van der Waals surface area contributed by atoms with Gasteiger partial charge in [0.15, 0.2) is 0 Å². The number of anilines is 1. The number of nitrogens with zero attached hydrogens (tertiary/aromatic N) is 1. The van der Waals surface area contributed by atoms with Crippen molar-refractivity contribution in [2.24, 2.45) is 0 Å². The van der Waals surface area contributed by atoms with E-state index in [0.717, 1.165) is 5.56 Å². The summed E-state index contributed by atoms with van der Waals surface area (Å²) in [5.74, 6) is -0.116. The van der Waals surface area contributed by atoms with Crippen molar-refractivity contribution in [2.75, 3.05) is 26.1 Å². The van der Waals surface area contributed by atoms with Crippen LogP contribution in [0.4, 0.5) is 10.5 Å². The van der Waals surface area contributed by atoms with Gasteiger partial charge in [0.1, 0.15) is 18.5 Å². The highest BCUT2D eigenvalue weighted by Crippen LogP contribution is 2.32. The molecule has 2 N–H and O–H groups in total. The van der Waals surface area contributed by atoms with E-state index in [1.165, 1.54) is 7.11 Å². The average molecular weight is 468 g/mol. The van der Waals surface area contributed by atoms with Gasteiger partial charge in [-0.05, 0) is 36.6 Å². The van der Waals surface area contributed by atoms with Crippen molar-refractivity contribution in [3.63, 3.8) is 0 Å². The molecule has 0 bridgehead atoms. The summed E-state index contributed by atoms with van der Waals surface area (Å²) in [7, 11) is 3.10. The van der Waals surface area contributed by atoms with Gasteiger partial charge in [-0.1, -0.05) is 30.3 Å². The molecule has 9 nitrogen and oxygen atoms in total. The normalized spacial score (nSPS) is 21.8. The van der Waals surface area contributed by atoms with E-state index in [1.54, 1.807) is 30.1 Å². The van der Waals surface area contributed by atoms with Crippen molar-refractivity contribution >= 4 is 23.6 Å². The van der Waals surface area contributed by atoms with Gasteiger partial charge in [0.05, 0.1) is 31.2 Å². The Morgan fingerprint density at radius 3 is 2.71 bits per heavy atom. The highest BCUT2D eigenvalue weighted by Gasteiger charge is 2.39. The number of amides is 3. The number of carbonyl (C=O) groups is 3. The number of hydrogen-bond donors (Lipinski definition) is 2. The lowest BCUT2D eigenvalue weighted by atomic mass is 9.94. The van der Waals surface area contributed by atoms with Gasteiger partial charge >= 0.3 is 12.0 Å². The van der Waals surface area contributed by atoms with Crippen LogP contribution in [0.3, 0.4) is 0 Å². The quantitative estimate of drug-likeness (QED) is 0.655. The average Bonchev–Trinajstić information content (AvgIpc) is 2.86. The Morgan fingerprint density at radius 1 is 1.15 bits per heavy atom. The number of methoxy groups -OCH3 is 1. The maximum Gasteiger partial charge on any atom is 0.319 e. The summed E-state index contributed by atoms with van der Waals surface area (Å²) in [5, 5.41) is 5.58. The van der Waals surface area contributed by atoms with Crippen LogP contribution < -0.4 is 15.4 Å². The third kappa shape index (κ3) is 5.48. The van der Waals surface area contributed by atoms with E-state index in [4.69, 9.17) is 14.2 Å². The number of esters is 1. The molecule has 3 amide bonds. The molecular weight excluding hydrogens is 438 g/mol. The first-order valence-electron chi connectivity index (χ1n) is 11.3. The highest BCUT2D eigenvalue weighted by atomic mass is 16.5. The smallest absolute Gasteiger partial charge is 0.319 e. The van der Waals surface area contributed by atoms with Gasteiger partial charge in [-0.25, -0.2) is 4.79 Å². The summed E-state index contributed by atoms with van der Waals surface area (Å²) >= 11 is 0. The van der Waals surface area contributed by atoms with Crippen LogP contribution in [0.1, 0.15) is 35.2 Å². The summed E-state index contributed by atoms with van der Waals surface area (Å²) in [6.07, 6.45) is 0.888. The van der Waals surface area contributed by atoms with Crippen molar-refractivity contribution in [3.8, 4) is 5.75 Å². The number of benzene rings is 2. The number of nitrogens with one attached hydrogen (secondary N) is 2. The van der Waals surface area contributed by atoms with E-state index in [0.29, 0.717) is 36.4 Å². The first-order valence-corrected chi connectivity index (χ1v) is 11.3. The van der Waals surface area contributed by atoms with Gasteiger partial charge in [-0.3, -0.25) is 9.59 Å². The predicted molar refractivity (Wildman–Crippen MR) is 125 cm³/mol. The fourth-order valence-corrected chi connectivity index (χ4v) is 4.33. The minimum absolute atomic E-state index is 0.176. The molecule has 0 aliphatic carbocycles. The van der Waals surface area contributed by atoms with Crippen LogP contribution in [-0.4, -0.2) is 61.8 Å². The molecule has 34 heavy (non-hydrogen) atoms. The molecule has 2 aromatic carbocycles. The number of rotatable bonds is 5. The van der Waals surface area contributed by atoms with E-state index in [1.807, 2.05) is 30.3 Å². The maximum absolute atomic E-state index is 13.3. The molecule has 1 saturated heterocycles. The Morgan fingerprint density at radius 2 is 1.94 bits per heavy atom. The molecule has 1 fully saturated rings. The lowest BCUT2D eigenvalue weighted by molar-refractivity contribution is -0.151. The second kappa shape index (κ2) is 10.6. The Bertz CT molecular complexity index is 1040. The van der Waals surface area contributed by atoms with Gasteiger partial charge in [0.25, 0.3) is 5.91 Å². The number of ether oxygens (including phenoxy) is 3. The van der Waals surface area contributed by atoms with Crippen LogP contribution in [0, 0.1) is 0 Å². The molecule has 2 aromatic rings. The first kappa shape index (κ1) is 23.6. The molecule has 2 heterocycles. The van der Waals surface area contributed by atoms with Crippen LogP contribution in [-0.2, 0) is 20.8 Å². The summed E-state index contributed by atoms with van der Waals surface area (Å²) in [6.45, 7) is 0.639. The van der Waals surface area contributed by atoms with Gasteiger partial charge in [0.2, 0.25) is 0 Å². The zero-order chi connectivity index (χ0) is 24.1. The minimum Gasteiger partial charge on any atom is -0.490 e. The van der Waals surface area contributed by atoms with Gasteiger partial charge < -0.3 is 29.7 Å². The second-order valence-corrected chi connectivity index (χ2v) is 8.45.